The van der Waals surface area contributed by atoms with Crippen LogP contribution in [0, 0.1) is 17.8 Å². The van der Waals surface area contributed by atoms with Crippen molar-refractivity contribution < 1.29 is 23.5 Å². The van der Waals surface area contributed by atoms with Crippen molar-refractivity contribution in [2.45, 2.75) is 90.4 Å². The van der Waals surface area contributed by atoms with Gasteiger partial charge in [-0.1, -0.05) is 17.0 Å². The molecule has 2 aromatic heterocycles. The molecule has 212 valence electrons. The van der Waals surface area contributed by atoms with E-state index >= 15 is 0 Å². The van der Waals surface area contributed by atoms with Crippen LogP contribution < -0.4 is 5.32 Å². The molecule has 2 atom stereocenters. The molecule has 3 heterocycles. The maximum Gasteiger partial charge on any atom is 0.407 e. The highest BCUT2D eigenvalue weighted by molar-refractivity contribution is 5.68. The van der Waals surface area contributed by atoms with Gasteiger partial charge < -0.3 is 28.6 Å². The Morgan fingerprint density at radius 3 is 2.75 bits per heavy atom. The third kappa shape index (κ3) is 7.52. The number of hydrogen-bond acceptors (Lipinski definition) is 7. The SMILES string of the molecule is C[C@H](OC1CCCCO1)c1nccn1Cc1cc(-c2ccc(C#CC3CC(NC(=O)OC(C)(C)C)C3)cc2)on1. The molecule has 2 fully saturated rings. The number of ether oxygens (including phenoxy) is 3. The number of hydrogen-bond donors (Lipinski definition) is 1. The smallest absolute Gasteiger partial charge is 0.407 e. The lowest BCUT2D eigenvalue weighted by Crippen LogP contribution is -2.45. The van der Waals surface area contributed by atoms with Crippen LogP contribution in [0.3, 0.4) is 0 Å². The molecule has 1 saturated heterocycles. The minimum absolute atomic E-state index is 0.122. The maximum atomic E-state index is 11.9. The zero-order valence-electron chi connectivity index (χ0n) is 23.7. The van der Waals surface area contributed by atoms with Gasteiger partial charge in [-0.05, 0) is 84.1 Å². The maximum absolute atomic E-state index is 11.9. The van der Waals surface area contributed by atoms with Gasteiger partial charge in [0.25, 0.3) is 0 Å². The molecule has 5 rings (SSSR count). The summed E-state index contributed by atoms with van der Waals surface area (Å²) >= 11 is 0. The number of imidazole rings is 1. The summed E-state index contributed by atoms with van der Waals surface area (Å²) in [6.07, 6.45) is 7.77. The van der Waals surface area contributed by atoms with Crippen LogP contribution in [-0.4, -0.2) is 45.3 Å². The van der Waals surface area contributed by atoms with Crippen LogP contribution in [0.2, 0.25) is 0 Å². The number of carbonyl (C=O) groups is 1. The highest BCUT2D eigenvalue weighted by atomic mass is 16.7. The van der Waals surface area contributed by atoms with Crippen LogP contribution in [0.15, 0.2) is 47.2 Å². The molecule has 9 nitrogen and oxygen atoms in total. The molecule has 1 saturated carbocycles. The highest BCUT2D eigenvalue weighted by Gasteiger charge is 2.30. The van der Waals surface area contributed by atoms with E-state index in [9.17, 15) is 4.79 Å². The number of rotatable bonds is 7. The standard InChI is InChI=1S/C31H38N4O5/c1-21(38-28-7-5-6-16-37-28)29-32-14-15-35(29)20-26-19-27(40-34-26)24-12-10-22(11-13-24)8-9-23-17-25(18-23)33-30(36)39-31(2,3)4/h10-15,19,21,23,25,28H,5-7,16-18,20H2,1-4H3,(H,33,36)/t21-,23?,25?,28?/m0/s1. The zero-order chi connectivity index (χ0) is 28.1. The number of alkyl carbamates (subject to hydrolysis) is 1. The molecule has 0 radical (unpaired) electrons. The Bertz CT molecular complexity index is 1330. The Morgan fingerprint density at radius 1 is 1.23 bits per heavy atom. The number of amides is 1. The molecule has 1 unspecified atom stereocenters. The van der Waals surface area contributed by atoms with E-state index in [0.29, 0.717) is 12.3 Å². The van der Waals surface area contributed by atoms with Crippen molar-refractivity contribution in [3.05, 3.63) is 59.8 Å². The van der Waals surface area contributed by atoms with E-state index in [1.54, 1.807) is 6.20 Å². The van der Waals surface area contributed by atoms with Crippen LogP contribution in [0.25, 0.3) is 11.3 Å². The molecule has 0 bridgehead atoms. The highest BCUT2D eigenvalue weighted by Crippen LogP contribution is 2.28. The number of nitrogens with zero attached hydrogens (tertiary/aromatic N) is 3. The molecule has 1 aliphatic carbocycles. The topological polar surface area (TPSA) is 101 Å². The normalized spacial score (nSPS) is 21.6. The summed E-state index contributed by atoms with van der Waals surface area (Å²) in [6, 6.07) is 10.0. The minimum atomic E-state index is -0.492. The van der Waals surface area contributed by atoms with Crippen LogP contribution in [0.4, 0.5) is 4.79 Å². The summed E-state index contributed by atoms with van der Waals surface area (Å²) in [6.45, 7) is 8.86. The van der Waals surface area contributed by atoms with Gasteiger partial charge in [-0.2, -0.15) is 0 Å². The van der Waals surface area contributed by atoms with Gasteiger partial charge in [-0.25, -0.2) is 9.78 Å². The molecule has 40 heavy (non-hydrogen) atoms. The molecule has 3 aromatic rings. The van der Waals surface area contributed by atoms with Gasteiger partial charge in [0.05, 0.1) is 6.54 Å². The Kier molecular flexibility index (Phi) is 8.57. The molecule has 1 aromatic carbocycles. The number of nitrogens with one attached hydrogen (secondary N) is 1. The molecular formula is C31H38N4O5. The van der Waals surface area contributed by atoms with Crippen molar-refractivity contribution >= 4 is 6.09 Å². The van der Waals surface area contributed by atoms with Gasteiger partial charge in [-0.3, -0.25) is 0 Å². The van der Waals surface area contributed by atoms with E-state index in [2.05, 4.69) is 27.3 Å². The van der Waals surface area contributed by atoms with E-state index < -0.39 is 5.60 Å². The molecule has 9 heteroatoms. The first-order valence-electron chi connectivity index (χ1n) is 14.1. The van der Waals surface area contributed by atoms with E-state index in [-0.39, 0.29) is 30.4 Å². The average molecular weight is 547 g/mol. The number of carbonyl (C=O) groups excluding carboxylic acids is 1. The van der Waals surface area contributed by atoms with Crippen molar-refractivity contribution in [1.82, 2.24) is 20.0 Å². The number of aromatic nitrogens is 3. The summed E-state index contributed by atoms with van der Waals surface area (Å²) in [7, 11) is 0. The first kappa shape index (κ1) is 27.9. The van der Waals surface area contributed by atoms with Crippen LogP contribution in [-0.2, 0) is 20.8 Å². The lowest BCUT2D eigenvalue weighted by atomic mass is 9.81. The van der Waals surface area contributed by atoms with Gasteiger partial charge in [0.2, 0.25) is 0 Å². The van der Waals surface area contributed by atoms with E-state index in [1.165, 1.54) is 0 Å². The summed E-state index contributed by atoms with van der Waals surface area (Å²) in [5.74, 6) is 8.36. The monoisotopic (exact) mass is 546 g/mol. The van der Waals surface area contributed by atoms with Gasteiger partial charge in [0.15, 0.2) is 12.1 Å². The van der Waals surface area contributed by atoms with Crippen molar-refractivity contribution in [2.24, 2.45) is 5.92 Å². The van der Waals surface area contributed by atoms with E-state index in [4.69, 9.17) is 18.7 Å². The quantitative estimate of drug-likeness (QED) is 0.371. The second kappa shape index (κ2) is 12.3. The van der Waals surface area contributed by atoms with Crippen LogP contribution >= 0.6 is 0 Å². The number of benzene rings is 1. The Labute approximate surface area is 235 Å². The first-order chi connectivity index (χ1) is 19.2. The van der Waals surface area contributed by atoms with E-state index in [0.717, 1.165) is 61.4 Å². The molecule has 0 spiro atoms. The Hall–Kier alpha value is -3.61. The molecule has 2 aliphatic rings. The van der Waals surface area contributed by atoms with Crippen molar-refractivity contribution in [2.75, 3.05) is 6.61 Å². The van der Waals surface area contributed by atoms with Crippen molar-refractivity contribution in [3.63, 3.8) is 0 Å². The van der Waals surface area contributed by atoms with E-state index in [1.807, 2.05) is 68.8 Å². The lowest BCUT2D eigenvalue weighted by Gasteiger charge is -2.33. The second-order valence-corrected chi connectivity index (χ2v) is 11.5. The molecule has 1 aliphatic heterocycles. The summed E-state index contributed by atoms with van der Waals surface area (Å²) in [5, 5.41) is 7.18. The van der Waals surface area contributed by atoms with Crippen LogP contribution in [0.1, 0.15) is 83.0 Å². The van der Waals surface area contributed by atoms with Crippen LogP contribution in [0.5, 0.6) is 0 Å². The second-order valence-electron chi connectivity index (χ2n) is 11.5. The third-order valence-electron chi connectivity index (χ3n) is 6.95. The summed E-state index contributed by atoms with van der Waals surface area (Å²) in [4.78, 5) is 16.4. The first-order valence-corrected chi connectivity index (χ1v) is 14.1. The minimum Gasteiger partial charge on any atom is -0.444 e. The predicted octanol–water partition coefficient (Wildman–Crippen LogP) is 5.85. The summed E-state index contributed by atoms with van der Waals surface area (Å²) < 4.78 is 24.8. The molecular weight excluding hydrogens is 508 g/mol. The third-order valence-corrected chi connectivity index (χ3v) is 6.95. The average Bonchev–Trinajstić information content (AvgIpc) is 3.55. The summed E-state index contributed by atoms with van der Waals surface area (Å²) in [5.41, 5.74) is 2.19. The molecule has 1 amide bonds. The zero-order valence-corrected chi connectivity index (χ0v) is 23.7. The van der Waals surface area contributed by atoms with Crippen molar-refractivity contribution in [1.29, 1.82) is 0 Å². The largest absolute Gasteiger partial charge is 0.444 e. The van der Waals surface area contributed by atoms with Gasteiger partial charge >= 0.3 is 6.09 Å². The van der Waals surface area contributed by atoms with Gasteiger partial charge in [0.1, 0.15) is 23.2 Å². The molecule has 1 N–H and O–H groups in total. The van der Waals surface area contributed by atoms with Gasteiger partial charge in [-0.15, -0.1) is 0 Å². The van der Waals surface area contributed by atoms with Crippen molar-refractivity contribution in [3.8, 4) is 23.2 Å². The van der Waals surface area contributed by atoms with Gasteiger partial charge in [0, 0.05) is 48.2 Å². The Balaban J connectivity index is 1.12. The fourth-order valence-electron chi connectivity index (χ4n) is 4.85. The predicted molar refractivity (Wildman–Crippen MR) is 149 cm³/mol. The lowest BCUT2D eigenvalue weighted by molar-refractivity contribution is -0.188. The fraction of sp³-hybridized carbons (Fsp3) is 0.516. The fourth-order valence-corrected chi connectivity index (χ4v) is 4.85. The Morgan fingerprint density at radius 2 is 2.02 bits per heavy atom.